The Balaban J connectivity index is 1.63. The smallest absolute Gasteiger partial charge is 0.358 e. The van der Waals surface area contributed by atoms with E-state index in [2.05, 4.69) is 10.1 Å². The summed E-state index contributed by atoms with van der Waals surface area (Å²) in [5.41, 5.74) is -0.774. The summed E-state index contributed by atoms with van der Waals surface area (Å²) in [4.78, 5) is 18.3. The van der Waals surface area contributed by atoms with E-state index >= 15 is 0 Å². The first-order valence-corrected chi connectivity index (χ1v) is 8.01. The van der Waals surface area contributed by atoms with E-state index in [4.69, 9.17) is 0 Å². The van der Waals surface area contributed by atoms with E-state index in [0.717, 1.165) is 18.7 Å². The number of alkyl halides is 3. The van der Waals surface area contributed by atoms with Crippen LogP contribution in [0.2, 0.25) is 0 Å². The molecule has 0 radical (unpaired) electrons. The van der Waals surface area contributed by atoms with Crippen molar-refractivity contribution in [3.05, 3.63) is 46.3 Å². The van der Waals surface area contributed by atoms with Gasteiger partial charge in [0, 0.05) is 32.4 Å². The Morgan fingerprint density at radius 2 is 1.96 bits per heavy atom. The van der Waals surface area contributed by atoms with E-state index in [1.165, 1.54) is 23.0 Å². The summed E-state index contributed by atoms with van der Waals surface area (Å²) >= 11 is 0. The monoisotopic (exact) mass is 370 g/mol. The third-order valence-electron chi connectivity index (χ3n) is 4.20. The van der Waals surface area contributed by atoms with Gasteiger partial charge >= 0.3 is 12.0 Å². The molecule has 8 nitrogen and oxygen atoms in total. The highest BCUT2D eigenvalue weighted by atomic mass is 19.4. The molecule has 1 fully saturated rings. The molecular weight excluding hydrogens is 353 g/mol. The number of nitro groups is 1. The van der Waals surface area contributed by atoms with Gasteiger partial charge in [0.25, 0.3) is 0 Å². The van der Waals surface area contributed by atoms with Crippen molar-refractivity contribution in [1.29, 1.82) is 0 Å². The van der Waals surface area contributed by atoms with Gasteiger partial charge in [0.2, 0.25) is 0 Å². The highest BCUT2D eigenvalue weighted by Crippen LogP contribution is 2.29. The van der Waals surface area contributed by atoms with E-state index < -0.39 is 16.7 Å². The quantitative estimate of drug-likeness (QED) is 0.607. The maximum atomic E-state index is 12.6. The average Bonchev–Trinajstić information content (AvgIpc) is 2.92. The Kier molecular flexibility index (Phi) is 5.07. The second kappa shape index (κ2) is 7.28. The number of hydrogen-bond donors (Lipinski definition) is 0. The minimum atomic E-state index is -4.40. The van der Waals surface area contributed by atoms with Crippen molar-refractivity contribution in [2.45, 2.75) is 19.3 Å². The molecule has 0 aromatic carbocycles. The molecule has 0 atom stereocenters. The molecule has 1 aliphatic rings. The second-order valence-electron chi connectivity index (χ2n) is 5.95. The van der Waals surface area contributed by atoms with Gasteiger partial charge in [-0.1, -0.05) is 5.10 Å². The van der Waals surface area contributed by atoms with Crippen molar-refractivity contribution >= 4 is 11.6 Å². The van der Waals surface area contributed by atoms with E-state index in [1.54, 1.807) is 0 Å². The number of pyridine rings is 1. The number of aromatic nitrogens is 3. The standard InChI is InChI=1S/C15H17F3N6O2/c16-15(17,18)12-2-3-13(19-10-12)22-7-1-6-21(8-9-22)11-23-14(24(25)26)4-5-20-23/h2-5,10H,1,6-9,11H2. The lowest BCUT2D eigenvalue weighted by Crippen LogP contribution is -2.33. The normalized spacial score (nSPS) is 16.5. The van der Waals surface area contributed by atoms with Crippen LogP contribution in [-0.2, 0) is 12.8 Å². The third kappa shape index (κ3) is 4.10. The molecule has 0 saturated carbocycles. The highest BCUT2D eigenvalue weighted by molar-refractivity contribution is 5.40. The van der Waals surface area contributed by atoms with Crippen LogP contribution in [0.15, 0.2) is 30.6 Å². The van der Waals surface area contributed by atoms with E-state index in [0.29, 0.717) is 32.0 Å². The van der Waals surface area contributed by atoms with Gasteiger partial charge in [-0.05, 0) is 23.5 Å². The molecule has 3 heterocycles. The van der Waals surface area contributed by atoms with Gasteiger partial charge in [-0.3, -0.25) is 4.90 Å². The number of anilines is 1. The number of nitrogens with zero attached hydrogens (tertiary/aromatic N) is 6. The zero-order valence-electron chi connectivity index (χ0n) is 13.8. The van der Waals surface area contributed by atoms with Crippen molar-refractivity contribution in [1.82, 2.24) is 19.7 Å². The summed E-state index contributed by atoms with van der Waals surface area (Å²) in [6, 6.07) is 3.74. The molecule has 2 aromatic rings. The Labute approximate surface area is 147 Å². The first kappa shape index (κ1) is 18.1. The Hall–Kier alpha value is -2.69. The first-order valence-electron chi connectivity index (χ1n) is 8.01. The van der Waals surface area contributed by atoms with E-state index in [1.807, 2.05) is 9.80 Å². The van der Waals surface area contributed by atoms with Gasteiger partial charge < -0.3 is 15.0 Å². The summed E-state index contributed by atoms with van der Waals surface area (Å²) in [7, 11) is 0. The SMILES string of the molecule is O=[N+]([O-])c1ccnn1CN1CCCN(c2ccc(C(F)(F)F)cn2)CC1. The van der Waals surface area contributed by atoms with Crippen LogP contribution in [0, 0.1) is 10.1 Å². The molecule has 0 N–H and O–H groups in total. The molecule has 2 aromatic heterocycles. The van der Waals surface area contributed by atoms with Crippen LogP contribution in [0.1, 0.15) is 12.0 Å². The predicted molar refractivity (Wildman–Crippen MR) is 86.5 cm³/mol. The lowest BCUT2D eigenvalue weighted by Gasteiger charge is -2.22. The van der Waals surface area contributed by atoms with Crippen molar-refractivity contribution in [2.24, 2.45) is 0 Å². The zero-order valence-corrected chi connectivity index (χ0v) is 13.8. The third-order valence-corrected chi connectivity index (χ3v) is 4.20. The van der Waals surface area contributed by atoms with E-state index in [9.17, 15) is 23.3 Å². The van der Waals surface area contributed by atoms with Gasteiger partial charge in [-0.2, -0.15) is 13.2 Å². The summed E-state index contributed by atoms with van der Waals surface area (Å²) < 4.78 is 39.2. The fourth-order valence-corrected chi connectivity index (χ4v) is 2.86. The molecular formula is C15H17F3N6O2. The molecule has 0 unspecified atom stereocenters. The molecule has 26 heavy (non-hydrogen) atoms. The summed E-state index contributed by atoms with van der Waals surface area (Å²) in [6.45, 7) is 2.80. The first-order chi connectivity index (χ1) is 12.3. The molecule has 1 aliphatic heterocycles. The van der Waals surface area contributed by atoms with Gasteiger partial charge in [0.05, 0.1) is 17.8 Å². The van der Waals surface area contributed by atoms with Crippen molar-refractivity contribution < 1.29 is 18.1 Å². The molecule has 0 spiro atoms. The van der Waals surface area contributed by atoms with Gasteiger partial charge in [-0.25, -0.2) is 4.98 Å². The summed E-state index contributed by atoms with van der Waals surface area (Å²) in [6.07, 6.45) is -1.42. The van der Waals surface area contributed by atoms with Crippen LogP contribution in [0.25, 0.3) is 0 Å². The van der Waals surface area contributed by atoms with Crippen LogP contribution in [0.4, 0.5) is 24.8 Å². The largest absolute Gasteiger partial charge is 0.417 e. The van der Waals surface area contributed by atoms with E-state index in [-0.39, 0.29) is 12.5 Å². The topological polar surface area (TPSA) is 80.3 Å². The maximum Gasteiger partial charge on any atom is 0.417 e. The molecule has 1 saturated heterocycles. The van der Waals surface area contributed by atoms with Crippen molar-refractivity contribution in [3.8, 4) is 0 Å². The summed E-state index contributed by atoms with van der Waals surface area (Å²) in [5, 5.41) is 14.9. The number of hydrogen-bond acceptors (Lipinski definition) is 6. The molecule has 3 rings (SSSR count). The molecule has 140 valence electrons. The molecule has 0 amide bonds. The average molecular weight is 370 g/mol. The van der Waals surface area contributed by atoms with Crippen molar-refractivity contribution in [2.75, 3.05) is 31.1 Å². The van der Waals surface area contributed by atoms with Crippen LogP contribution < -0.4 is 4.90 Å². The number of rotatable bonds is 4. The van der Waals surface area contributed by atoms with Gasteiger partial charge in [-0.15, -0.1) is 4.68 Å². The highest BCUT2D eigenvalue weighted by Gasteiger charge is 2.31. The second-order valence-corrected chi connectivity index (χ2v) is 5.95. The predicted octanol–water partition coefficient (Wildman–Crippen LogP) is 2.37. The zero-order chi connectivity index (χ0) is 18.7. The molecule has 11 heteroatoms. The van der Waals surface area contributed by atoms with Gasteiger partial charge in [0.1, 0.15) is 5.82 Å². The number of halogens is 3. The summed E-state index contributed by atoms with van der Waals surface area (Å²) in [5.74, 6) is 0.417. The maximum absolute atomic E-state index is 12.6. The van der Waals surface area contributed by atoms with Crippen LogP contribution >= 0.6 is 0 Å². The minimum absolute atomic E-state index is 0.0736. The lowest BCUT2D eigenvalue weighted by molar-refractivity contribution is -0.393. The fraction of sp³-hybridized carbons (Fsp3) is 0.467. The lowest BCUT2D eigenvalue weighted by atomic mass is 10.2. The van der Waals surface area contributed by atoms with Crippen LogP contribution in [0.3, 0.4) is 0 Å². The van der Waals surface area contributed by atoms with Crippen LogP contribution in [-0.4, -0.2) is 50.8 Å². The fourth-order valence-electron chi connectivity index (χ4n) is 2.86. The Morgan fingerprint density at radius 1 is 1.15 bits per heavy atom. The van der Waals surface area contributed by atoms with Crippen LogP contribution in [0.5, 0.6) is 0 Å². The van der Waals surface area contributed by atoms with Gasteiger partial charge in [0.15, 0.2) is 6.67 Å². The Morgan fingerprint density at radius 3 is 2.62 bits per heavy atom. The molecule has 0 aliphatic carbocycles. The minimum Gasteiger partial charge on any atom is -0.358 e. The van der Waals surface area contributed by atoms with Crippen molar-refractivity contribution in [3.63, 3.8) is 0 Å². The molecule has 0 bridgehead atoms. The Bertz CT molecular complexity index is 761.